The van der Waals surface area contributed by atoms with Gasteiger partial charge in [-0.2, -0.15) is 0 Å². The average Bonchev–Trinajstić information content (AvgIpc) is 1.25. The minimum atomic E-state index is -0.361. The number of carbonyl (C=O) groups excluding carboxylic acids is 2. The molecule has 0 bridgehead atoms. The predicted octanol–water partition coefficient (Wildman–Crippen LogP) is 0.263. The van der Waals surface area contributed by atoms with Crippen molar-refractivity contribution < 1.29 is 9.59 Å². The smallest absolute Gasteiger partial charge is 0.218 e. The summed E-state index contributed by atoms with van der Waals surface area (Å²) in [5.74, 6) is -0.333. The number of primary amides is 1. The summed E-state index contributed by atoms with van der Waals surface area (Å²) >= 11 is 4.64. The van der Waals surface area contributed by atoms with E-state index in [9.17, 15) is 9.59 Å². The van der Waals surface area contributed by atoms with Crippen molar-refractivity contribution in [2.24, 2.45) is 5.73 Å². The lowest BCUT2D eigenvalue weighted by atomic mass is 10.8. The fraction of sp³-hybridized carbons (Fsp3) is 0.500. The van der Waals surface area contributed by atoms with Crippen molar-refractivity contribution in [2.75, 3.05) is 0 Å². The van der Waals surface area contributed by atoms with Crippen LogP contribution in [0.1, 0.15) is 13.8 Å². The molecule has 0 spiro atoms. The van der Waals surface area contributed by atoms with E-state index in [2.05, 4.69) is 17.3 Å². The molecule has 2 N–H and O–H groups in total. The van der Waals surface area contributed by atoms with Gasteiger partial charge in [0.2, 0.25) is 11.1 Å². The maximum Gasteiger partial charge on any atom is 0.218 e. The number of carbonyl (C=O) groups is 2. The van der Waals surface area contributed by atoms with Gasteiger partial charge < -0.3 is 5.73 Å². The van der Waals surface area contributed by atoms with Gasteiger partial charge in [-0.1, -0.05) is 0 Å². The number of hydrogen-bond donors (Lipinski definition) is 1. The molecule has 0 atom stereocenters. The van der Waals surface area contributed by atoms with Gasteiger partial charge >= 0.3 is 0 Å². The van der Waals surface area contributed by atoms with E-state index in [1.165, 1.54) is 13.8 Å². The second-order valence-electron chi connectivity index (χ2n) is 1.08. The zero-order chi connectivity index (χ0) is 7.15. The Hall–Kier alpha value is -0.570. The lowest BCUT2D eigenvalue weighted by Crippen LogP contribution is -2.01. The first-order valence-electron chi connectivity index (χ1n) is 1.89. The van der Waals surface area contributed by atoms with Crippen LogP contribution in [0, 0.1) is 0 Å². The summed E-state index contributed by atoms with van der Waals surface area (Å²) < 4.78 is 0. The highest BCUT2D eigenvalue weighted by Crippen LogP contribution is 1.67. The molecule has 0 heterocycles. The highest BCUT2D eigenvalue weighted by Gasteiger charge is 1.67. The van der Waals surface area contributed by atoms with Gasteiger partial charge in [0.25, 0.3) is 0 Å². The molecular formula is C4H8ClNO2. The van der Waals surface area contributed by atoms with Gasteiger partial charge in [-0.15, -0.1) is 0 Å². The molecule has 3 nitrogen and oxygen atoms in total. The molecule has 0 fully saturated rings. The SMILES string of the molecule is CC(=O)Cl.CC(N)=O. The zero-order valence-corrected chi connectivity index (χ0v) is 5.53. The summed E-state index contributed by atoms with van der Waals surface area (Å²) in [6.07, 6.45) is 0. The van der Waals surface area contributed by atoms with E-state index in [1.807, 2.05) is 0 Å². The Morgan fingerprint density at radius 2 is 1.38 bits per heavy atom. The Balaban J connectivity index is 0. The van der Waals surface area contributed by atoms with Crippen molar-refractivity contribution in [2.45, 2.75) is 13.8 Å². The van der Waals surface area contributed by atoms with E-state index in [4.69, 9.17) is 0 Å². The second-order valence-corrected chi connectivity index (χ2v) is 1.61. The monoisotopic (exact) mass is 137 g/mol. The topological polar surface area (TPSA) is 60.2 Å². The van der Waals surface area contributed by atoms with Crippen molar-refractivity contribution in [3.8, 4) is 0 Å². The second kappa shape index (κ2) is 6.43. The van der Waals surface area contributed by atoms with E-state index < -0.39 is 0 Å². The lowest BCUT2D eigenvalue weighted by Gasteiger charge is -1.60. The summed E-state index contributed by atoms with van der Waals surface area (Å²) in [5, 5.41) is -0.361. The summed E-state index contributed by atoms with van der Waals surface area (Å²) in [6.45, 7) is 2.60. The Bertz CT molecular complexity index is 72.0. The average molecular weight is 138 g/mol. The molecule has 0 aromatic heterocycles. The van der Waals surface area contributed by atoms with Crippen molar-refractivity contribution in [1.29, 1.82) is 0 Å². The zero-order valence-electron chi connectivity index (χ0n) is 4.77. The molecule has 8 heavy (non-hydrogen) atoms. The Morgan fingerprint density at radius 1 is 1.38 bits per heavy atom. The molecule has 0 radical (unpaired) electrons. The van der Waals surface area contributed by atoms with Gasteiger partial charge in [0.15, 0.2) is 0 Å². The molecule has 0 aromatic carbocycles. The van der Waals surface area contributed by atoms with E-state index >= 15 is 0 Å². The number of hydrogen-bond acceptors (Lipinski definition) is 2. The van der Waals surface area contributed by atoms with Crippen LogP contribution in [0.4, 0.5) is 0 Å². The van der Waals surface area contributed by atoms with Crippen LogP contribution in [0.3, 0.4) is 0 Å². The van der Waals surface area contributed by atoms with Crippen LogP contribution in [0.15, 0.2) is 0 Å². The number of nitrogens with two attached hydrogens (primary N) is 1. The van der Waals surface area contributed by atoms with Gasteiger partial charge in [-0.05, 0) is 11.6 Å². The molecule has 4 heteroatoms. The third-order valence-electron chi connectivity index (χ3n) is 0. The summed E-state index contributed by atoms with van der Waals surface area (Å²) in [5.41, 5.74) is 4.47. The van der Waals surface area contributed by atoms with E-state index in [-0.39, 0.29) is 11.1 Å². The minimum absolute atomic E-state index is 0.333. The molecule has 0 rings (SSSR count). The Labute approximate surface area is 52.8 Å². The van der Waals surface area contributed by atoms with Crippen LogP contribution >= 0.6 is 11.6 Å². The fourth-order valence-electron chi connectivity index (χ4n) is 0. The van der Waals surface area contributed by atoms with Gasteiger partial charge in [0.1, 0.15) is 0 Å². The van der Waals surface area contributed by atoms with Crippen LogP contribution in [0.5, 0.6) is 0 Å². The number of amides is 1. The van der Waals surface area contributed by atoms with Crippen molar-refractivity contribution in [3.63, 3.8) is 0 Å². The lowest BCUT2D eigenvalue weighted by molar-refractivity contribution is -0.116. The van der Waals surface area contributed by atoms with E-state index in [0.717, 1.165) is 0 Å². The Kier molecular flexibility index (Phi) is 8.37. The highest BCUT2D eigenvalue weighted by atomic mass is 35.5. The van der Waals surface area contributed by atoms with Crippen LogP contribution < -0.4 is 5.73 Å². The normalized spacial score (nSPS) is 6.38. The molecule has 0 aliphatic carbocycles. The molecule has 0 aliphatic heterocycles. The maximum absolute atomic E-state index is 9.22. The molecule has 0 aromatic rings. The van der Waals surface area contributed by atoms with Gasteiger partial charge in [0, 0.05) is 13.8 Å². The molecular weight excluding hydrogens is 130 g/mol. The molecule has 0 saturated heterocycles. The third-order valence-corrected chi connectivity index (χ3v) is 0. The van der Waals surface area contributed by atoms with E-state index in [0.29, 0.717) is 0 Å². The largest absolute Gasteiger partial charge is 0.370 e. The maximum atomic E-state index is 9.22. The molecule has 0 aliphatic rings. The minimum Gasteiger partial charge on any atom is -0.370 e. The van der Waals surface area contributed by atoms with Crippen LogP contribution in [0.2, 0.25) is 0 Å². The van der Waals surface area contributed by atoms with Gasteiger partial charge in [0.05, 0.1) is 0 Å². The number of rotatable bonds is 0. The first-order chi connectivity index (χ1) is 3.46. The Morgan fingerprint density at radius 3 is 1.38 bits per heavy atom. The molecule has 1 amide bonds. The van der Waals surface area contributed by atoms with Gasteiger partial charge in [-0.25, -0.2) is 0 Å². The van der Waals surface area contributed by atoms with Crippen LogP contribution in [-0.4, -0.2) is 11.1 Å². The summed E-state index contributed by atoms with van der Waals surface area (Å²) in [4.78, 5) is 18.4. The van der Waals surface area contributed by atoms with Gasteiger partial charge in [-0.3, -0.25) is 9.59 Å². The van der Waals surface area contributed by atoms with Crippen molar-refractivity contribution in [1.82, 2.24) is 0 Å². The van der Waals surface area contributed by atoms with E-state index in [1.54, 1.807) is 0 Å². The highest BCUT2D eigenvalue weighted by molar-refractivity contribution is 6.62. The van der Waals surface area contributed by atoms with Crippen LogP contribution in [0.25, 0.3) is 0 Å². The fourth-order valence-corrected chi connectivity index (χ4v) is 0. The van der Waals surface area contributed by atoms with Crippen molar-refractivity contribution >= 4 is 22.8 Å². The number of halogens is 1. The van der Waals surface area contributed by atoms with Crippen molar-refractivity contribution in [3.05, 3.63) is 0 Å². The molecule has 0 unspecified atom stereocenters. The van der Waals surface area contributed by atoms with Crippen LogP contribution in [-0.2, 0) is 9.59 Å². The first-order valence-corrected chi connectivity index (χ1v) is 2.26. The third kappa shape index (κ3) is 328. The summed E-state index contributed by atoms with van der Waals surface area (Å²) in [7, 11) is 0. The standard InChI is InChI=1S/C2H3ClO.C2H5NO/c2*1-2(3)4/h1H3;1H3,(H2,3,4). The molecule has 0 saturated carbocycles. The molecule has 48 valence electrons. The quantitative estimate of drug-likeness (QED) is 0.487. The predicted molar refractivity (Wildman–Crippen MR) is 31.4 cm³/mol. The first kappa shape index (κ1) is 10.4. The summed E-state index contributed by atoms with van der Waals surface area (Å²) in [6, 6.07) is 0.